The number of halogens is 1. The van der Waals surface area contributed by atoms with Gasteiger partial charge in [-0.3, -0.25) is 4.79 Å². The summed E-state index contributed by atoms with van der Waals surface area (Å²) in [5.41, 5.74) is 1.52. The van der Waals surface area contributed by atoms with Crippen molar-refractivity contribution in [1.29, 1.82) is 0 Å². The Hall–Kier alpha value is -3.06. The van der Waals surface area contributed by atoms with Crippen LogP contribution in [0.3, 0.4) is 0 Å². The molecule has 0 N–H and O–H groups in total. The van der Waals surface area contributed by atoms with Crippen LogP contribution in [0.5, 0.6) is 11.5 Å². The SMILES string of the molecule is O=C1CC(c2noc(-c3cccc(Cl)c3)n2)CN1c1ccc2c(c1)OCCO2. The zero-order valence-electron chi connectivity index (χ0n) is 14.8. The first kappa shape index (κ1) is 17.1. The lowest BCUT2D eigenvalue weighted by molar-refractivity contribution is -0.117. The van der Waals surface area contributed by atoms with Gasteiger partial charge in [0.25, 0.3) is 5.89 Å². The molecule has 5 rings (SSSR count). The number of hydrogen-bond acceptors (Lipinski definition) is 6. The summed E-state index contributed by atoms with van der Waals surface area (Å²) in [5, 5.41) is 4.68. The molecule has 1 amide bonds. The summed E-state index contributed by atoms with van der Waals surface area (Å²) in [6, 6.07) is 12.7. The Morgan fingerprint density at radius 3 is 2.79 bits per heavy atom. The van der Waals surface area contributed by atoms with Gasteiger partial charge in [-0.15, -0.1) is 0 Å². The topological polar surface area (TPSA) is 77.7 Å². The third-order valence-corrected chi connectivity index (χ3v) is 5.08. The minimum absolute atomic E-state index is 0.00998. The van der Waals surface area contributed by atoms with Crippen molar-refractivity contribution in [3.63, 3.8) is 0 Å². The van der Waals surface area contributed by atoms with Crippen LogP contribution >= 0.6 is 11.6 Å². The summed E-state index contributed by atoms with van der Waals surface area (Å²) in [6.45, 7) is 1.51. The number of carbonyl (C=O) groups is 1. The van der Waals surface area contributed by atoms with Crippen LogP contribution in [0.15, 0.2) is 47.0 Å². The van der Waals surface area contributed by atoms with Gasteiger partial charge >= 0.3 is 0 Å². The average Bonchev–Trinajstić information content (AvgIpc) is 3.34. The molecule has 2 aromatic carbocycles. The molecule has 0 radical (unpaired) electrons. The standard InChI is InChI=1S/C20H16ClN3O4/c21-14-3-1-2-12(8-14)20-22-19(23-28-20)13-9-18(25)24(11-13)15-4-5-16-17(10-15)27-7-6-26-16/h1-5,8,10,13H,6-7,9,11H2. The van der Waals surface area contributed by atoms with Gasteiger partial charge in [-0.2, -0.15) is 4.98 Å². The Morgan fingerprint density at radius 1 is 1.07 bits per heavy atom. The molecule has 0 spiro atoms. The number of nitrogens with zero attached hydrogens (tertiary/aromatic N) is 3. The summed E-state index contributed by atoms with van der Waals surface area (Å²) in [7, 11) is 0. The van der Waals surface area contributed by atoms with E-state index in [1.165, 1.54) is 0 Å². The fraction of sp³-hybridized carbons (Fsp3) is 0.250. The van der Waals surface area contributed by atoms with E-state index in [9.17, 15) is 4.79 Å². The smallest absolute Gasteiger partial charge is 0.257 e. The molecule has 3 aromatic rings. The molecule has 142 valence electrons. The van der Waals surface area contributed by atoms with Gasteiger partial charge in [0.15, 0.2) is 17.3 Å². The second-order valence-electron chi connectivity index (χ2n) is 6.70. The zero-order valence-corrected chi connectivity index (χ0v) is 15.6. The molecule has 1 unspecified atom stereocenters. The molecule has 0 saturated carbocycles. The van der Waals surface area contributed by atoms with Crippen molar-refractivity contribution in [2.24, 2.45) is 0 Å². The maximum atomic E-state index is 12.6. The highest BCUT2D eigenvalue weighted by Crippen LogP contribution is 2.37. The quantitative estimate of drug-likeness (QED) is 0.670. The highest BCUT2D eigenvalue weighted by atomic mass is 35.5. The van der Waals surface area contributed by atoms with Crippen LogP contribution in [0.25, 0.3) is 11.5 Å². The molecule has 28 heavy (non-hydrogen) atoms. The van der Waals surface area contributed by atoms with Gasteiger partial charge in [0.05, 0.1) is 0 Å². The number of carbonyl (C=O) groups excluding carboxylic acids is 1. The molecule has 7 nitrogen and oxygen atoms in total. The molecule has 1 fully saturated rings. The minimum atomic E-state index is -0.141. The Balaban J connectivity index is 1.37. The predicted octanol–water partition coefficient (Wildman–Crippen LogP) is 3.68. The number of hydrogen-bond donors (Lipinski definition) is 0. The lowest BCUT2D eigenvalue weighted by Crippen LogP contribution is -2.25. The van der Waals surface area contributed by atoms with Gasteiger partial charge < -0.3 is 18.9 Å². The summed E-state index contributed by atoms with van der Waals surface area (Å²) in [5.74, 6) is 2.13. The molecule has 3 heterocycles. The Kier molecular flexibility index (Phi) is 4.16. The summed E-state index contributed by atoms with van der Waals surface area (Å²) < 4.78 is 16.5. The van der Waals surface area contributed by atoms with Gasteiger partial charge in [-0.1, -0.05) is 22.8 Å². The van der Waals surface area contributed by atoms with Crippen LogP contribution in [-0.4, -0.2) is 35.8 Å². The summed E-state index contributed by atoms with van der Waals surface area (Å²) in [6.07, 6.45) is 0.322. The predicted molar refractivity (Wildman–Crippen MR) is 102 cm³/mol. The van der Waals surface area contributed by atoms with Crippen LogP contribution in [0, 0.1) is 0 Å². The molecule has 8 heteroatoms. The van der Waals surface area contributed by atoms with E-state index >= 15 is 0 Å². The molecule has 0 aliphatic carbocycles. The number of amides is 1. The average molecular weight is 398 g/mol. The fourth-order valence-corrected chi connectivity index (χ4v) is 3.66. The van der Waals surface area contributed by atoms with Crippen LogP contribution in [0.1, 0.15) is 18.2 Å². The lowest BCUT2D eigenvalue weighted by atomic mass is 10.1. The Bertz CT molecular complexity index is 1050. The number of aromatic nitrogens is 2. The molecule has 1 atom stereocenters. The second kappa shape index (κ2) is 6.83. The van der Waals surface area contributed by atoms with E-state index in [1.54, 1.807) is 17.0 Å². The van der Waals surface area contributed by atoms with Gasteiger partial charge in [0.1, 0.15) is 13.2 Å². The van der Waals surface area contributed by atoms with Gasteiger partial charge in [-0.05, 0) is 30.3 Å². The lowest BCUT2D eigenvalue weighted by Gasteiger charge is -2.22. The van der Waals surface area contributed by atoms with E-state index in [-0.39, 0.29) is 11.8 Å². The third-order valence-electron chi connectivity index (χ3n) is 4.84. The van der Waals surface area contributed by atoms with Crippen molar-refractivity contribution in [3.8, 4) is 23.0 Å². The first-order chi connectivity index (χ1) is 13.7. The highest BCUT2D eigenvalue weighted by molar-refractivity contribution is 6.30. The van der Waals surface area contributed by atoms with E-state index in [0.717, 1.165) is 11.3 Å². The van der Waals surface area contributed by atoms with Crippen LogP contribution < -0.4 is 14.4 Å². The van der Waals surface area contributed by atoms with Gasteiger partial charge in [-0.25, -0.2) is 0 Å². The largest absolute Gasteiger partial charge is 0.486 e. The number of anilines is 1. The first-order valence-corrected chi connectivity index (χ1v) is 9.35. The molecular weight excluding hydrogens is 382 g/mol. The number of benzene rings is 2. The molecule has 1 saturated heterocycles. The van der Waals surface area contributed by atoms with Gasteiger partial charge in [0.2, 0.25) is 5.91 Å². The molecule has 2 aliphatic heterocycles. The maximum Gasteiger partial charge on any atom is 0.257 e. The maximum absolute atomic E-state index is 12.6. The van der Waals surface area contributed by atoms with Crippen molar-refractivity contribution < 1.29 is 18.8 Å². The van der Waals surface area contributed by atoms with E-state index in [0.29, 0.717) is 54.4 Å². The normalized spacial score (nSPS) is 18.5. The summed E-state index contributed by atoms with van der Waals surface area (Å²) >= 11 is 6.02. The number of ether oxygens (including phenoxy) is 2. The number of fused-ring (bicyclic) bond motifs is 1. The monoisotopic (exact) mass is 397 g/mol. The second-order valence-corrected chi connectivity index (χ2v) is 7.14. The van der Waals surface area contributed by atoms with E-state index < -0.39 is 0 Å². The van der Waals surface area contributed by atoms with E-state index in [2.05, 4.69) is 10.1 Å². The van der Waals surface area contributed by atoms with Crippen LogP contribution in [-0.2, 0) is 4.79 Å². The summed E-state index contributed by atoms with van der Waals surface area (Å²) in [4.78, 5) is 18.8. The Labute approximate surface area is 165 Å². The van der Waals surface area contributed by atoms with Crippen molar-refractivity contribution in [3.05, 3.63) is 53.3 Å². The fourth-order valence-electron chi connectivity index (χ4n) is 3.47. The van der Waals surface area contributed by atoms with Crippen LogP contribution in [0.2, 0.25) is 5.02 Å². The molecular formula is C20H16ClN3O4. The van der Waals surface area contributed by atoms with Crippen molar-refractivity contribution >= 4 is 23.2 Å². The van der Waals surface area contributed by atoms with Crippen molar-refractivity contribution in [2.45, 2.75) is 12.3 Å². The molecule has 1 aromatic heterocycles. The molecule has 2 aliphatic rings. The molecule has 0 bridgehead atoms. The zero-order chi connectivity index (χ0) is 19.1. The van der Waals surface area contributed by atoms with E-state index in [1.807, 2.05) is 30.3 Å². The van der Waals surface area contributed by atoms with E-state index in [4.69, 9.17) is 25.6 Å². The number of rotatable bonds is 3. The van der Waals surface area contributed by atoms with Crippen molar-refractivity contribution in [1.82, 2.24) is 10.1 Å². The Morgan fingerprint density at radius 2 is 1.93 bits per heavy atom. The van der Waals surface area contributed by atoms with Crippen LogP contribution in [0.4, 0.5) is 5.69 Å². The van der Waals surface area contributed by atoms with Gasteiger partial charge in [0, 0.05) is 41.2 Å². The highest BCUT2D eigenvalue weighted by Gasteiger charge is 2.35. The third kappa shape index (κ3) is 3.07. The minimum Gasteiger partial charge on any atom is -0.486 e. The van der Waals surface area contributed by atoms with Crippen molar-refractivity contribution in [2.75, 3.05) is 24.7 Å². The first-order valence-electron chi connectivity index (χ1n) is 8.97.